The summed E-state index contributed by atoms with van der Waals surface area (Å²) in [4.78, 5) is 25.2. The van der Waals surface area contributed by atoms with E-state index < -0.39 is 0 Å². The molecule has 178 valence electrons. The summed E-state index contributed by atoms with van der Waals surface area (Å²) in [6, 6.07) is 0. The number of carbonyl (C=O) groups excluding carboxylic acids is 2. The normalized spacial score (nSPS) is 44.2. The summed E-state index contributed by atoms with van der Waals surface area (Å²) in [6.07, 6.45) is 11.2. The van der Waals surface area contributed by atoms with E-state index in [1.807, 2.05) is 6.08 Å². The zero-order chi connectivity index (χ0) is 23.7. The second-order valence-corrected chi connectivity index (χ2v) is 12.9. The standard InChI is InChI=1S/C29H44O3/c1-18(9-8-10-19(2)30)20-11-16-29(7)25-21(12-15-28(20,29)6)27(5)14-13-24(32)26(3,4)23(27)17-22(25)31/h8,10,18,20,23-24,32H,9,11-17H2,1-7H3/b10-8+/t18-,20+,23+,24+,27-,28+,29-/m1/s1. The molecule has 0 aliphatic heterocycles. The lowest BCUT2D eigenvalue weighted by Crippen LogP contribution is -2.57. The van der Waals surface area contributed by atoms with Crippen LogP contribution in [0.5, 0.6) is 0 Å². The highest BCUT2D eigenvalue weighted by Gasteiger charge is 2.65. The fourth-order valence-electron chi connectivity index (χ4n) is 8.92. The number of allylic oxidation sites excluding steroid dienone is 4. The van der Waals surface area contributed by atoms with Crippen LogP contribution >= 0.6 is 0 Å². The van der Waals surface area contributed by atoms with Crippen LogP contribution in [0.4, 0.5) is 0 Å². The molecule has 0 bridgehead atoms. The van der Waals surface area contributed by atoms with E-state index in [1.54, 1.807) is 13.0 Å². The maximum Gasteiger partial charge on any atom is 0.159 e. The van der Waals surface area contributed by atoms with Crippen molar-refractivity contribution < 1.29 is 14.7 Å². The van der Waals surface area contributed by atoms with E-state index >= 15 is 0 Å². The average molecular weight is 441 g/mol. The number of hydrogen-bond acceptors (Lipinski definition) is 3. The Labute approximate surface area is 195 Å². The van der Waals surface area contributed by atoms with Crippen molar-refractivity contribution in [3.8, 4) is 0 Å². The number of aliphatic hydroxyl groups excluding tert-OH is 1. The van der Waals surface area contributed by atoms with E-state index in [0.29, 0.717) is 24.0 Å². The Bertz CT molecular complexity index is 879. The largest absolute Gasteiger partial charge is 0.393 e. The van der Waals surface area contributed by atoms with Gasteiger partial charge in [-0.25, -0.2) is 0 Å². The number of carbonyl (C=O) groups is 2. The molecule has 2 fully saturated rings. The molecule has 3 heteroatoms. The molecule has 0 aromatic rings. The van der Waals surface area contributed by atoms with Crippen molar-refractivity contribution in [1.82, 2.24) is 0 Å². The minimum Gasteiger partial charge on any atom is -0.393 e. The molecule has 0 saturated heterocycles. The first-order chi connectivity index (χ1) is 14.8. The molecule has 4 rings (SSSR count). The van der Waals surface area contributed by atoms with Gasteiger partial charge in [0.25, 0.3) is 0 Å². The predicted octanol–water partition coefficient (Wildman–Crippen LogP) is 6.45. The monoisotopic (exact) mass is 440 g/mol. The van der Waals surface area contributed by atoms with Crippen molar-refractivity contribution in [2.45, 2.75) is 106 Å². The summed E-state index contributed by atoms with van der Waals surface area (Å²) < 4.78 is 0. The van der Waals surface area contributed by atoms with Gasteiger partial charge in [-0.3, -0.25) is 9.59 Å². The molecule has 0 aromatic heterocycles. The van der Waals surface area contributed by atoms with Crippen LogP contribution in [0.15, 0.2) is 23.3 Å². The van der Waals surface area contributed by atoms with Crippen molar-refractivity contribution in [3.63, 3.8) is 0 Å². The number of aliphatic hydroxyl groups is 1. The lowest BCUT2D eigenvalue weighted by atomic mass is 9.43. The molecular formula is C29H44O3. The summed E-state index contributed by atoms with van der Waals surface area (Å²) >= 11 is 0. The molecule has 0 spiro atoms. The van der Waals surface area contributed by atoms with Crippen LogP contribution in [0.1, 0.15) is 99.8 Å². The molecule has 0 aromatic carbocycles. The van der Waals surface area contributed by atoms with Gasteiger partial charge in [-0.1, -0.05) is 53.2 Å². The Morgan fingerprint density at radius 3 is 2.47 bits per heavy atom. The fourth-order valence-corrected chi connectivity index (χ4v) is 8.92. The maximum absolute atomic E-state index is 13.8. The molecule has 0 radical (unpaired) electrons. The van der Waals surface area contributed by atoms with E-state index in [4.69, 9.17) is 0 Å². The summed E-state index contributed by atoms with van der Waals surface area (Å²) in [5.41, 5.74) is 2.50. The summed E-state index contributed by atoms with van der Waals surface area (Å²) in [5.74, 6) is 1.78. The lowest BCUT2D eigenvalue weighted by molar-refractivity contribution is -0.134. The van der Waals surface area contributed by atoms with Crippen molar-refractivity contribution in [1.29, 1.82) is 0 Å². The summed E-state index contributed by atoms with van der Waals surface area (Å²) in [7, 11) is 0. The maximum atomic E-state index is 13.8. The third-order valence-corrected chi connectivity index (χ3v) is 11.2. The molecule has 0 unspecified atom stereocenters. The van der Waals surface area contributed by atoms with Crippen molar-refractivity contribution in [2.24, 2.45) is 39.4 Å². The SMILES string of the molecule is CC(=O)/C=C/C[C@@H](C)[C@@H]1CC[C@]2(C)C3=C(CC[C@@]12C)[C@@]1(C)CC[C@H](O)C(C)(C)[C@@H]1CC3=O. The average Bonchev–Trinajstić information content (AvgIpc) is 2.98. The highest BCUT2D eigenvalue weighted by Crippen LogP contribution is 2.71. The van der Waals surface area contributed by atoms with Crippen LogP contribution in [0.25, 0.3) is 0 Å². The number of Topliss-reactive ketones (excluding diaryl/α,β-unsaturated/α-hetero) is 1. The van der Waals surface area contributed by atoms with Gasteiger partial charge in [0.2, 0.25) is 0 Å². The predicted molar refractivity (Wildman–Crippen MR) is 129 cm³/mol. The molecule has 4 aliphatic rings. The molecule has 1 N–H and O–H groups in total. The van der Waals surface area contributed by atoms with Crippen molar-refractivity contribution >= 4 is 11.6 Å². The molecule has 4 aliphatic carbocycles. The van der Waals surface area contributed by atoms with Gasteiger partial charge in [0.05, 0.1) is 6.10 Å². The van der Waals surface area contributed by atoms with E-state index in [-0.39, 0.29) is 39.5 Å². The first-order valence-corrected chi connectivity index (χ1v) is 12.9. The molecule has 0 amide bonds. The minimum absolute atomic E-state index is 0.0320. The van der Waals surface area contributed by atoms with Crippen LogP contribution in [-0.2, 0) is 9.59 Å². The van der Waals surface area contributed by atoms with Crippen LogP contribution in [-0.4, -0.2) is 22.8 Å². The number of rotatable bonds is 4. The van der Waals surface area contributed by atoms with E-state index in [2.05, 4.69) is 41.5 Å². The van der Waals surface area contributed by atoms with Gasteiger partial charge in [0, 0.05) is 17.4 Å². The van der Waals surface area contributed by atoms with E-state index in [1.165, 1.54) is 11.1 Å². The van der Waals surface area contributed by atoms with Gasteiger partial charge in [-0.2, -0.15) is 0 Å². The number of hydrogen-bond donors (Lipinski definition) is 1. The first kappa shape index (κ1) is 23.9. The molecule has 7 atom stereocenters. The van der Waals surface area contributed by atoms with Gasteiger partial charge in [0.15, 0.2) is 11.6 Å². The van der Waals surface area contributed by atoms with Crippen LogP contribution in [0.3, 0.4) is 0 Å². The van der Waals surface area contributed by atoms with Crippen LogP contribution in [0, 0.1) is 39.4 Å². The highest BCUT2D eigenvalue weighted by molar-refractivity contribution is 5.99. The van der Waals surface area contributed by atoms with Gasteiger partial charge in [0.1, 0.15) is 0 Å². The van der Waals surface area contributed by atoms with E-state index in [9.17, 15) is 14.7 Å². The fraction of sp³-hybridized carbons (Fsp3) is 0.793. The minimum atomic E-state index is -0.320. The Balaban J connectivity index is 1.72. The number of ketones is 2. The summed E-state index contributed by atoms with van der Waals surface area (Å²) in [5, 5.41) is 10.8. The smallest absolute Gasteiger partial charge is 0.159 e. The first-order valence-electron chi connectivity index (χ1n) is 12.9. The Hall–Kier alpha value is -1.22. The Morgan fingerprint density at radius 1 is 1.12 bits per heavy atom. The highest BCUT2D eigenvalue weighted by atomic mass is 16.3. The molecule has 0 heterocycles. The lowest BCUT2D eigenvalue weighted by Gasteiger charge is -2.61. The topological polar surface area (TPSA) is 54.4 Å². The van der Waals surface area contributed by atoms with E-state index in [0.717, 1.165) is 44.9 Å². The molecule has 32 heavy (non-hydrogen) atoms. The quantitative estimate of drug-likeness (QED) is 0.511. The van der Waals surface area contributed by atoms with Crippen molar-refractivity contribution in [3.05, 3.63) is 23.3 Å². The van der Waals surface area contributed by atoms with Gasteiger partial charge in [-0.15, -0.1) is 0 Å². The zero-order valence-electron chi connectivity index (χ0n) is 21.4. The van der Waals surface area contributed by atoms with Gasteiger partial charge in [-0.05, 0) is 91.9 Å². The molecule has 3 nitrogen and oxygen atoms in total. The van der Waals surface area contributed by atoms with Gasteiger partial charge >= 0.3 is 0 Å². The van der Waals surface area contributed by atoms with Gasteiger partial charge < -0.3 is 5.11 Å². The Morgan fingerprint density at radius 2 is 1.81 bits per heavy atom. The van der Waals surface area contributed by atoms with Crippen LogP contribution < -0.4 is 0 Å². The van der Waals surface area contributed by atoms with Crippen molar-refractivity contribution in [2.75, 3.05) is 0 Å². The third-order valence-electron chi connectivity index (χ3n) is 11.2. The second-order valence-electron chi connectivity index (χ2n) is 12.9. The third kappa shape index (κ3) is 3.16. The second kappa shape index (κ2) is 7.65. The van der Waals surface area contributed by atoms with Crippen LogP contribution in [0.2, 0.25) is 0 Å². The molecular weight excluding hydrogens is 396 g/mol. The molecule has 2 saturated carbocycles. The summed E-state index contributed by atoms with van der Waals surface area (Å²) in [6.45, 7) is 15.5. The zero-order valence-corrected chi connectivity index (χ0v) is 21.4. The Kier molecular flexibility index (Phi) is 5.72. The number of fused-ring (bicyclic) bond motifs is 4.